The predicted octanol–water partition coefficient (Wildman–Crippen LogP) is 3.82. The number of aromatic nitrogens is 5. The highest BCUT2D eigenvalue weighted by atomic mass is 19.4. The summed E-state index contributed by atoms with van der Waals surface area (Å²) in [6, 6.07) is 7.47. The number of rotatable bonds is 5. The van der Waals surface area contributed by atoms with Crippen LogP contribution in [0.3, 0.4) is 0 Å². The van der Waals surface area contributed by atoms with Gasteiger partial charge in [-0.3, -0.25) is 9.59 Å². The fourth-order valence-corrected chi connectivity index (χ4v) is 3.54. The zero-order valence-corrected chi connectivity index (χ0v) is 18.7. The van der Waals surface area contributed by atoms with E-state index in [1.807, 2.05) is 0 Å². The summed E-state index contributed by atoms with van der Waals surface area (Å²) in [5, 5.41) is 13.8. The number of hydrogen-bond donors (Lipinski definition) is 1. The molecule has 1 N–H and O–H groups in total. The van der Waals surface area contributed by atoms with Crippen molar-refractivity contribution in [2.45, 2.75) is 19.1 Å². The first kappa shape index (κ1) is 24.7. The number of hydrogen-bond acceptors (Lipinski definition) is 5. The molecule has 1 atom stereocenters. The van der Waals surface area contributed by atoms with E-state index < -0.39 is 40.9 Å². The van der Waals surface area contributed by atoms with Crippen LogP contribution in [0.25, 0.3) is 16.9 Å². The van der Waals surface area contributed by atoms with Gasteiger partial charge in [0.15, 0.2) is 0 Å². The van der Waals surface area contributed by atoms with Crippen molar-refractivity contribution in [3.8, 4) is 16.9 Å². The molecule has 0 radical (unpaired) electrons. The van der Waals surface area contributed by atoms with Crippen LogP contribution in [0.4, 0.5) is 22.0 Å². The Balaban J connectivity index is 1.65. The van der Waals surface area contributed by atoms with Crippen LogP contribution < -0.4 is 10.9 Å². The number of nitrogens with one attached hydrogen (secondary N) is 1. The number of nitrogens with zero attached hydrogens (tertiary/aromatic N) is 5. The van der Waals surface area contributed by atoms with E-state index in [-0.39, 0.29) is 22.5 Å². The summed E-state index contributed by atoms with van der Waals surface area (Å²) < 4.78 is 70.2. The van der Waals surface area contributed by atoms with Gasteiger partial charge in [-0.15, -0.1) is 5.10 Å². The number of aryl methyl sites for hydroxylation is 1. The number of carbonyl (C=O) groups excluding carboxylic acids is 1. The van der Waals surface area contributed by atoms with Gasteiger partial charge in [0.25, 0.3) is 11.5 Å². The summed E-state index contributed by atoms with van der Waals surface area (Å²) in [4.78, 5) is 25.2. The minimum absolute atomic E-state index is 0.0807. The molecule has 0 aliphatic heterocycles. The summed E-state index contributed by atoms with van der Waals surface area (Å²) >= 11 is 0. The Morgan fingerprint density at radius 3 is 2.50 bits per heavy atom. The molecule has 186 valence electrons. The molecule has 4 rings (SSSR count). The Morgan fingerprint density at radius 1 is 1.08 bits per heavy atom. The van der Waals surface area contributed by atoms with Crippen molar-refractivity contribution in [1.82, 2.24) is 30.1 Å². The molecule has 1 amide bonds. The second-order valence-corrected chi connectivity index (χ2v) is 7.78. The Bertz CT molecular complexity index is 1510. The van der Waals surface area contributed by atoms with Gasteiger partial charge in [0, 0.05) is 24.2 Å². The van der Waals surface area contributed by atoms with Crippen LogP contribution in [0.2, 0.25) is 0 Å². The lowest BCUT2D eigenvalue weighted by atomic mass is 10.0. The van der Waals surface area contributed by atoms with Gasteiger partial charge < -0.3 is 5.32 Å². The predicted molar refractivity (Wildman–Crippen MR) is 117 cm³/mol. The minimum Gasteiger partial charge on any atom is -0.344 e. The van der Waals surface area contributed by atoms with Gasteiger partial charge in [0.1, 0.15) is 17.3 Å². The molecule has 0 spiro atoms. The van der Waals surface area contributed by atoms with Gasteiger partial charge >= 0.3 is 6.18 Å². The lowest BCUT2D eigenvalue weighted by Gasteiger charge is -2.17. The standard InChI is InChI=1S/C23H17F5N6O2/c1-12(14-4-3-5-16(21(14)25)23(26,27)28)30-22(36)18-8-9-20(35)34(31-18)13-6-7-17(24)15(10-13)19-11-29-32-33(19)2/h3-12H,1-2H3,(H,30,36)/t12-/m1/s1. The van der Waals surface area contributed by atoms with E-state index in [0.29, 0.717) is 11.8 Å². The van der Waals surface area contributed by atoms with Gasteiger partial charge in [-0.05, 0) is 37.3 Å². The third-order valence-corrected chi connectivity index (χ3v) is 5.37. The molecule has 0 saturated carbocycles. The van der Waals surface area contributed by atoms with Crippen LogP contribution in [-0.4, -0.2) is 30.7 Å². The van der Waals surface area contributed by atoms with Crippen molar-refractivity contribution in [3.63, 3.8) is 0 Å². The average molecular weight is 504 g/mol. The van der Waals surface area contributed by atoms with Gasteiger partial charge in [-0.25, -0.2) is 13.5 Å². The summed E-state index contributed by atoms with van der Waals surface area (Å²) in [7, 11) is 1.55. The van der Waals surface area contributed by atoms with Crippen molar-refractivity contribution in [1.29, 1.82) is 0 Å². The van der Waals surface area contributed by atoms with Crippen LogP contribution in [0.5, 0.6) is 0 Å². The second kappa shape index (κ2) is 9.32. The minimum atomic E-state index is -4.90. The van der Waals surface area contributed by atoms with Crippen molar-refractivity contribution in [2.75, 3.05) is 0 Å². The van der Waals surface area contributed by atoms with E-state index in [9.17, 15) is 31.5 Å². The molecular formula is C23H17F5N6O2. The number of carbonyl (C=O) groups is 1. The third kappa shape index (κ3) is 4.72. The molecule has 0 saturated heterocycles. The molecule has 0 fully saturated rings. The van der Waals surface area contributed by atoms with Crippen molar-refractivity contribution < 1.29 is 26.7 Å². The Morgan fingerprint density at radius 2 is 1.83 bits per heavy atom. The quantitative estimate of drug-likeness (QED) is 0.417. The average Bonchev–Trinajstić information content (AvgIpc) is 3.24. The van der Waals surface area contributed by atoms with Crippen LogP contribution in [0, 0.1) is 11.6 Å². The maximum Gasteiger partial charge on any atom is 0.419 e. The molecule has 0 unspecified atom stereocenters. The Hall–Kier alpha value is -4.42. The fourth-order valence-electron chi connectivity index (χ4n) is 3.54. The Kier molecular flexibility index (Phi) is 6.39. The monoisotopic (exact) mass is 504 g/mol. The molecule has 0 aliphatic rings. The van der Waals surface area contributed by atoms with E-state index in [2.05, 4.69) is 20.7 Å². The van der Waals surface area contributed by atoms with Gasteiger partial charge in [-0.1, -0.05) is 17.3 Å². The van der Waals surface area contributed by atoms with E-state index in [4.69, 9.17) is 0 Å². The lowest BCUT2D eigenvalue weighted by molar-refractivity contribution is -0.140. The zero-order chi connectivity index (χ0) is 26.2. The van der Waals surface area contributed by atoms with Crippen molar-refractivity contribution in [3.05, 3.63) is 93.5 Å². The maximum atomic E-state index is 14.5. The van der Waals surface area contributed by atoms with E-state index in [0.717, 1.165) is 35.0 Å². The van der Waals surface area contributed by atoms with Crippen molar-refractivity contribution >= 4 is 5.91 Å². The maximum absolute atomic E-state index is 14.5. The van der Waals surface area contributed by atoms with Crippen LogP contribution in [-0.2, 0) is 13.2 Å². The summed E-state index contributed by atoms with van der Waals surface area (Å²) in [5.74, 6) is -2.98. The molecule has 36 heavy (non-hydrogen) atoms. The topological polar surface area (TPSA) is 94.7 Å². The van der Waals surface area contributed by atoms with E-state index >= 15 is 0 Å². The fraction of sp³-hybridized carbons (Fsp3) is 0.174. The molecule has 2 aromatic carbocycles. The normalized spacial score (nSPS) is 12.4. The summed E-state index contributed by atoms with van der Waals surface area (Å²) in [6.45, 7) is 1.31. The van der Waals surface area contributed by atoms with Crippen LogP contribution in [0.15, 0.2) is 59.5 Å². The first-order chi connectivity index (χ1) is 17.0. The number of benzene rings is 2. The summed E-state index contributed by atoms with van der Waals surface area (Å²) in [6.07, 6.45) is -3.57. The van der Waals surface area contributed by atoms with Gasteiger partial charge in [-0.2, -0.15) is 23.0 Å². The van der Waals surface area contributed by atoms with Gasteiger partial charge in [0.2, 0.25) is 0 Å². The largest absolute Gasteiger partial charge is 0.419 e. The molecule has 2 heterocycles. The highest BCUT2D eigenvalue weighted by molar-refractivity contribution is 5.92. The number of halogens is 5. The van der Waals surface area contributed by atoms with E-state index in [1.165, 1.54) is 29.9 Å². The molecule has 2 aromatic heterocycles. The molecule has 0 aliphatic carbocycles. The molecule has 0 bridgehead atoms. The Labute approximate surface area is 200 Å². The molecule has 8 nitrogen and oxygen atoms in total. The van der Waals surface area contributed by atoms with Gasteiger partial charge in [0.05, 0.1) is 29.2 Å². The second-order valence-electron chi connectivity index (χ2n) is 7.78. The molecule has 4 aromatic rings. The third-order valence-electron chi connectivity index (χ3n) is 5.37. The zero-order valence-electron chi connectivity index (χ0n) is 18.7. The highest BCUT2D eigenvalue weighted by Crippen LogP contribution is 2.34. The highest BCUT2D eigenvalue weighted by Gasteiger charge is 2.35. The number of amides is 1. The van der Waals surface area contributed by atoms with Crippen LogP contribution >= 0.6 is 0 Å². The summed E-state index contributed by atoms with van der Waals surface area (Å²) in [5.41, 5.74) is -2.20. The first-order valence-corrected chi connectivity index (χ1v) is 10.4. The SMILES string of the molecule is C[C@@H](NC(=O)c1ccc(=O)n(-c2ccc(F)c(-c3cnnn3C)c2)n1)c1cccc(C(F)(F)F)c1F. The molecular weight excluding hydrogens is 487 g/mol. The number of alkyl halides is 3. The van der Waals surface area contributed by atoms with Crippen molar-refractivity contribution in [2.24, 2.45) is 7.05 Å². The molecule has 13 heteroatoms. The van der Waals surface area contributed by atoms with E-state index in [1.54, 1.807) is 7.05 Å². The lowest BCUT2D eigenvalue weighted by Crippen LogP contribution is -2.31. The first-order valence-electron chi connectivity index (χ1n) is 10.4. The van der Waals surface area contributed by atoms with Crippen LogP contribution in [0.1, 0.15) is 34.6 Å². The smallest absolute Gasteiger partial charge is 0.344 e.